The fourth-order valence-electron chi connectivity index (χ4n) is 5.57. The van der Waals surface area contributed by atoms with Crippen LogP contribution in [-0.2, 0) is 99.3 Å². The fraction of sp³-hybridized carbons (Fsp3) is 0.818. The molecular weight excluding hydrogens is 911 g/mol. The quantitative estimate of drug-likeness (QED) is 0.0895. The first-order chi connectivity index (χ1) is 30.9. The van der Waals surface area contributed by atoms with E-state index in [1.165, 1.54) is 111 Å². The van der Waals surface area contributed by atoms with Gasteiger partial charge in [-0.3, -0.25) is 47.4 Å². The molecule has 0 saturated carbocycles. The Morgan fingerprint density at radius 1 is 0.373 bits per heavy atom. The second-order valence-electron chi connectivity index (χ2n) is 18.7. The van der Waals surface area contributed by atoms with Crippen LogP contribution in [0.4, 0.5) is 0 Å². The highest BCUT2D eigenvalue weighted by Gasteiger charge is 2.58. The summed E-state index contributed by atoms with van der Waals surface area (Å²) in [4.78, 5) is 117. The molecule has 22 nitrogen and oxygen atoms in total. The SMILES string of the molecule is CC(C)C(=O)OC[C@@H]1O[C@@H](OP(=O)(O)O[C@H]2O[C@H](COC(=O)C(C)C)[C@@H](OC(=O)C(C)C)[C@H](OC(=O)C(C)C)[C@@H]2OC(=O)C(C)C)[C@H](OC(=O)C(C)C)[C@H](OC(=O)C(C)C)[C@H]1OC(=O)C(C)C. The van der Waals surface area contributed by atoms with Crippen molar-refractivity contribution in [1.29, 1.82) is 0 Å². The lowest BCUT2D eigenvalue weighted by molar-refractivity contribution is -0.306. The predicted molar refractivity (Wildman–Crippen MR) is 229 cm³/mol. The lowest BCUT2D eigenvalue weighted by Crippen LogP contribution is -2.64. The molecule has 1 unspecified atom stereocenters. The van der Waals surface area contributed by atoms with E-state index < -0.39 is 178 Å². The van der Waals surface area contributed by atoms with E-state index in [1.54, 1.807) is 0 Å². The van der Waals surface area contributed by atoms with Gasteiger partial charge in [-0.25, -0.2) is 4.57 Å². The van der Waals surface area contributed by atoms with Gasteiger partial charge in [0.05, 0.1) is 47.3 Å². The molecule has 384 valence electrons. The Bertz CT molecular complexity index is 1650. The minimum Gasteiger partial charge on any atom is -0.463 e. The maximum absolute atomic E-state index is 14.5. The standard InChI is InChI=1S/C44H71O22P/c1-19(2)35(45)55-17-27-29(59-37(47)21(5)6)31(61-39(49)23(9)10)33(63-41(51)25(13)14)43(57-27)65-67(53,54)66-44-34(64-42(52)26(15)16)32(62-40(50)24(11)12)30(60-38(48)22(7)8)28(58-44)18-56-36(46)20(3)4/h19-34,43-44H,17-18H2,1-16H3,(H,53,54)/t27-,28+,29-,30+,31+,32-,33+,34-,43-,44+. The molecule has 0 aromatic carbocycles. The van der Waals surface area contributed by atoms with Crippen LogP contribution in [0.15, 0.2) is 0 Å². The molecule has 2 heterocycles. The number of phosphoric acid groups is 1. The molecule has 2 rings (SSSR count). The van der Waals surface area contributed by atoms with Crippen molar-refractivity contribution in [2.45, 2.75) is 172 Å². The monoisotopic (exact) mass is 982 g/mol. The summed E-state index contributed by atoms with van der Waals surface area (Å²) in [5.74, 6) is -13.3. The second-order valence-corrected chi connectivity index (χ2v) is 20.0. The molecule has 0 bridgehead atoms. The largest absolute Gasteiger partial charge is 0.477 e. The number of phosphoric ester groups is 1. The second kappa shape index (κ2) is 26.0. The summed E-state index contributed by atoms with van der Waals surface area (Å²) in [6.07, 6.45) is -19.0. The molecular formula is C44H71O22P. The molecule has 0 spiro atoms. The highest BCUT2D eigenvalue weighted by atomic mass is 31.2. The van der Waals surface area contributed by atoms with Crippen molar-refractivity contribution in [2.24, 2.45) is 47.3 Å². The van der Waals surface area contributed by atoms with Crippen LogP contribution in [0, 0.1) is 47.3 Å². The minimum atomic E-state index is -5.83. The Hall–Kier alpha value is -4.21. The lowest BCUT2D eigenvalue weighted by Gasteiger charge is -2.46. The zero-order chi connectivity index (χ0) is 51.4. The molecule has 1 N–H and O–H groups in total. The molecule has 23 heteroatoms. The van der Waals surface area contributed by atoms with Gasteiger partial charge in [-0.05, 0) is 0 Å². The number of carbonyl (C=O) groups excluding carboxylic acids is 8. The molecule has 0 aromatic heterocycles. The lowest BCUT2D eigenvalue weighted by atomic mass is 9.97. The number of hydrogen-bond donors (Lipinski definition) is 1. The number of rotatable bonds is 22. The molecule has 67 heavy (non-hydrogen) atoms. The van der Waals surface area contributed by atoms with Gasteiger partial charge in [0.1, 0.15) is 25.4 Å². The number of ether oxygens (including phenoxy) is 10. The summed E-state index contributed by atoms with van der Waals surface area (Å²) >= 11 is 0. The molecule has 0 radical (unpaired) electrons. The van der Waals surface area contributed by atoms with Gasteiger partial charge in [-0.15, -0.1) is 0 Å². The minimum absolute atomic E-state index is 0.671. The average Bonchev–Trinajstić information content (AvgIpc) is 3.21. The first-order valence-electron chi connectivity index (χ1n) is 22.4. The van der Waals surface area contributed by atoms with Crippen LogP contribution < -0.4 is 0 Å². The van der Waals surface area contributed by atoms with Gasteiger partial charge in [0, 0.05) is 0 Å². The molecule has 11 atom stereocenters. The van der Waals surface area contributed by atoms with Crippen LogP contribution >= 0.6 is 7.82 Å². The van der Waals surface area contributed by atoms with Crippen LogP contribution in [0.3, 0.4) is 0 Å². The van der Waals surface area contributed by atoms with E-state index in [2.05, 4.69) is 0 Å². The number of esters is 8. The van der Waals surface area contributed by atoms with Gasteiger partial charge in [-0.1, -0.05) is 111 Å². The third-order valence-electron chi connectivity index (χ3n) is 9.72. The van der Waals surface area contributed by atoms with E-state index >= 15 is 0 Å². The van der Waals surface area contributed by atoms with E-state index in [0.29, 0.717) is 0 Å². The molecule has 0 aliphatic carbocycles. The Balaban J connectivity index is 2.90. The van der Waals surface area contributed by atoms with Crippen molar-refractivity contribution in [3.63, 3.8) is 0 Å². The van der Waals surface area contributed by atoms with Crippen molar-refractivity contribution in [3.8, 4) is 0 Å². The van der Waals surface area contributed by atoms with Crippen LogP contribution in [0.2, 0.25) is 0 Å². The van der Waals surface area contributed by atoms with Crippen molar-refractivity contribution < 1.29 is 104 Å². The highest BCUT2D eigenvalue weighted by molar-refractivity contribution is 7.47. The molecule has 2 aliphatic heterocycles. The summed E-state index contributed by atoms with van der Waals surface area (Å²) in [5, 5.41) is 0. The van der Waals surface area contributed by atoms with Gasteiger partial charge in [-0.2, -0.15) is 0 Å². The average molecular weight is 983 g/mol. The van der Waals surface area contributed by atoms with Crippen LogP contribution in [0.1, 0.15) is 111 Å². The smallest absolute Gasteiger partial charge is 0.463 e. The van der Waals surface area contributed by atoms with E-state index in [-0.39, 0.29) is 0 Å². The summed E-state index contributed by atoms with van der Waals surface area (Å²) in [7, 11) is -5.83. The summed E-state index contributed by atoms with van der Waals surface area (Å²) in [5.41, 5.74) is 0. The molecule has 2 fully saturated rings. The van der Waals surface area contributed by atoms with E-state index in [0.717, 1.165) is 0 Å². The summed E-state index contributed by atoms with van der Waals surface area (Å²) in [6, 6.07) is 0. The van der Waals surface area contributed by atoms with Gasteiger partial charge in [0.15, 0.2) is 36.6 Å². The van der Waals surface area contributed by atoms with Crippen molar-refractivity contribution in [2.75, 3.05) is 13.2 Å². The van der Waals surface area contributed by atoms with Crippen LogP contribution in [0.25, 0.3) is 0 Å². The zero-order valence-corrected chi connectivity index (χ0v) is 42.2. The molecule has 2 aliphatic rings. The maximum Gasteiger partial charge on any atom is 0.477 e. The van der Waals surface area contributed by atoms with E-state index in [1.807, 2.05) is 0 Å². The molecule has 0 aromatic rings. The first-order valence-corrected chi connectivity index (χ1v) is 23.9. The van der Waals surface area contributed by atoms with Gasteiger partial charge in [0.25, 0.3) is 0 Å². The van der Waals surface area contributed by atoms with Crippen LogP contribution in [-0.4, -0.2) is 127 Å². The Labute approximate surface area is 391 Å². The van der Waals surface area contributed by atoms with E-state index in [9.17, 15) is 47.8 Å². The predicted octanol–water partition coefficient (Wildman–Crippen LogP) is 4.38. The highest BCUT2D eigenvalue weighted by Crippen LogP contribution is 2.51. The Morgan fingerprint density at radius 2 is 0.582 bits per heavy atom. The third kappa shape index (κ3) is 17.7. The first kappa shape index (κ1) is 58.9. The van der Waals surface area contributed by atoms with Crippen LogP contribution in [0.5, 0.6) is 0 Å². The summed E-state index contributed by atoms with van der Waals surface area (Å²) in [6.45, 7) is 22.4. The fourth-order valence-corrected chi connectivity index (χ4v) is 6.48. The van der Waals surface area contributed by atoms with Crippen molar-refractivity contribution >= 4 is 55.6 Å². The molecule has 0 amide bonds. The molecule has 2 saturated heterocycles. The number of carbonyl (C=O) groups is 8. The summed E-state index contributed by atoms with van der Waals surface area (Å²) < 4.78 is 83.1. The van der Waals surface area contributed by atoms with Gasteiger partial charge in [0.2, 0.25) is 12.6 Å². The van der Waals surface area contributed by atoms with Gasteiger partial charge < -0.3 is 52.3 Å². The third-order valence-corrected chi connectivity index (χ3v) is 10.7. The van der Waals surface area contributed by atoms with Crippen molar-refractivity contribution in [1.82, 2.24) is 0 Å². The van der Waals surface area contributed by atoms with Gasteiger partial charge >= 0.3 is 55.6 Å². The number of hydrogen-bond acceptors (Lipinski definition) is 21. The Kier molecular flexibility index (Phi) is 22.8. The normalized spacial score (nSPS) is 26.3. The maximum atomic E-state index is 14.5. The Morgan fingerprint density at radius 3 is 0.806 bits per heavy atom. The van der Waals surface area contributed by atoms with Crippen molar-refractivity contribution in [3.05, 3.63) is 0 Å². The van der Waals surface area contributed by atoms with E-state index in [4.69, 9.17) is 56.4 Å². The zero-order valence-electron chi connectivity index (χ0n) is 41.3. The topological polar surface area (TPSA) is 285 Å².